The fourth-order valence-electron chi connectivity index (χ4n) is 1.98. The number of rotatable bonds is 6. The quantitative estimate of drug-likeness (QED) is 0.822. The van der Waals surface area contributed by atoms with E-state index in [0.29, 0.717) is 29.6 Å². The maximum absolute atomic E-state index is 12.5. The third-order valence-corrected chi connectivity index (χ3v) is 3.32. The van der Waals surface area contributed by atoms with Crippen LogP contribution in [0.2, 0.25) is 0 Å². The highest BCUT2D eigenvalue weighted by Crippen LogP contribution is 2.22. The first-order chi connectivity index (χ1) is 11.3. The van der Waals surface area contributed by atoms with E-state index in [1.54, 1.807) is 31.2 Å². The van der Waals surface area contributed by atoms with Gasteiger partial charge in [0, 0.05) is 5.41 Å². The molecule has 0 bridgehead atoms. The molecule has 0 radical (unpaired) electrons. The van der Waals surface area contributed by atoms with Crippen molar-refractivity contribution in [2.45, 2.75) is 39.2 Å². The topological polar surface area (TPSA) is 77.2 Å². The number of amides is 1. The highest BCUT2D eigenvalue weighted by Gasteiger charge is 2.24. The first-order valence-corrected chi connectivity index (χ1v) is 7.80. The van der Waals surface area contributed by atoms with Crippen molar-refractivity contribution in [2.24, 2.45) is 0 Å². The van der Waals surface area contributed by atoms with Gasteiger partial charge in [0.15, 0.2) is 5.82 Å². The first kappa shape index (κ1) is 17.7. The second-order valence-electron chi connectivity index (χ2n) is 6.50. The van der Waals surface area contributed by atoms with E-state index in [0.717, 1.165) is 0 Å². The summed E-state index contributed by atoms with van der Waals surface area (Å²) < 4.78 is 10.8. The lowest BCUT2D eigenvalue weighted by Gasteiger charge is -2.13. The van der Waals surface area contributed by atoms with Crippen molar-refractivity contribution in [1.82, 2.24) is 15.5 Å². The van der Waals surface area contributed by atoms with Gasteiger partial charge in [0.2, 0.25) is 5.89 Å². The van der Waals surface area contributed by atoms with Gasteiger partial charge in [0.25, 0.3) is 5.91 Å². The van der Waals surface area contributed by atoms with E-state index in [2.05, 4.69) is 22.0 Å². The maximum atomic E-state index is 12.5. The van der Waals surface area contributed by atoms with Crippen molar-refractivity contribution < 1.29 is 14.1 Å². The number of ether oxygens (including phenoxy) is 1. The molecular formula is C18H23N3O3. The minimum absolute atomic E-state index is 0.212. The number of carbonyl (C=O) groups excluding carboxylic acids is 1. The van der Waals surface area contributed by atoms with Gasteiger partial charge >= 0.3 is 0 Å². The van der Waals surface area contributed by atoms with E-state index in [1.165, 1.54) is 0 Å². The molecule has 0 spiro atoms. The molecule has 2 aromatic rings. The summed E-state index contributed by atoms with van der Waals surface area (Å²) in [6.45, 7) is 11.7. The van der Waals surface area contributed by atoms with Crippen molar-refractivity contribution in [1.29, 1.82) is 0 Å². The molecule has 6 heteroatoms. The summed E-state index contributed by atoms with van der Waals surface area (Å²) in [5.74, 6) is 1.21. The SMILES string of the molecule is C=CCOc1ccccc1C(=O)NC(C)c1nc(C(C)(C)C)no1. The Labute approximate surface area is 141 Å². The Hall–Kier alpha value is -2.63. The van der Waals surface area contributed by atoms with Gasteiger partial charge in [0.1, 0.15) is 18.4 Å². The van der Waals surface area contributed by atoms with Crippen LogP contribution in [0.3, 0.4) is 0 Å². The van der Waals surface area contributed by atoms with Crippen LogP contribution < -0.4 is 10.1 Å². The van der Waals surface area contributed by atoms with E-state index in [1.807, 2.05) is 26.8 Å². The van der Waals surface area contributed by atoms with Gasteiger partial charge in [-0.1, -0.05) is 50.7 Å². The molecule has 1 unspecified atom stereocenters. The molecule has 6 nitrogen and oxygen atoms in total. The van der Waals surface area contributed by atoms with Crippen molar-refractivity contribution in [3.63, 3.8) is 0 Å². The predicted molar refractivity (Wildman–Crippen MR) is 91.0 cm³/mol. The second kappa shape index (κ2) is 7.29. The molecule has 0 aliphatic rings. The zero-order valence-corrected chi connectivity index (χ0v) is 14.5. The summed E-state index contributed by atoms with van der Waals surface area (Å²) >= 11 is 0. The number of carbonyl (C=O) groups is 1. The average Bonchev–Trinajstić information content (AvgIpc) is 3.03. The predicted octanol–water partition coefficient (Wildman–Crippen LogP) is 3.42. The molecule has 1 aromatic heterocycles. The number of nitrogens with one attached hydrogen (secondary N) is 1. The van der Waals surface area contributed by atoms with Crippen LogP contribution in [0, 0.1) is 0 Å². The van der Waals surface area contributed by atoms with Crippen LogP contribution in [-0.2, 0) is 5.41 Å². The van der Waals surface area contributed by atoms with E-state index < -0.39 is 6.04 Å². The number of nitrogens with zero attached hydrogens (tertiary/aromatic N) is 2. The number of hydrogen-bond acceptors (Lipinski definition) is 5. The molecule has 0 saturated carbocycles. The Bertz CT molecular complexity index is 716. The van der Waals surface area contributed by atoms with Gasteiger partial charge in [-0.05, 0) is 19.1 Å². The minimum Gasteiger partial charge on any atom is -0.489 e. The summed E-state index contributed by atoms with van der Waals surface area (Å²) in [6, 6.07) is 6.63. The summed E-state index contributed by atoms with van der Waals surface area (Å²) in [4.78, 5) is 16.9. The van der Waals surface area contributed by atoms with E-state index in [9.17, 15) is 4.79 Å². The zero-order valence-electron chi connectivity index (χ0n) is 14.5. The van der Waals surface area contributed by atoms with Crippen LogP contribution in [0.15, 0.2) is 41.4 Å². The molecule has 128 valence electrons. The molecule has 1 atom stereocenters. The van der Waals surface area contributed by atoms with E-state index in [4.69, 9.17) is 9.26 Å². The van der Waals surface area contributed by atoms with Gasteiger partial charge < -0.3 is 14.6 Å². The first-order valence-electron chi connectivity index (χ1n) is 7.80. The minimum atomic E-state index is -0.409. The molecule has 0 aliphatic carbocycles. The Morgan fingerprint density at radius 2 is 2.12 bits per heavy atom. The highest BCUT2D eigenvalue weighted by atomic mass is 16.5. The Morgan fingerprint density at radius 1 is 1.42 bits per heavy atom. The fraction of sp³-hybridized carbons (Fsp3) is 0.389. The van der Waals surface area contributed by atoms with Gasteiger partial charge in [-0.2, -0.15) is 4.98 Å². The van der Waals surface area contributed by atoms with Gasteiger partial charge in [-0.25, -0.2) is 0 Å². The van der Waals surface area contributed by atoms with Crippen LogP contribution in [0.4, 0.5) is 0 Å². The summed E-state index contributed by atoms with van der Waals surface area (Å²) in [5, 5.41) is 6.83. The van der Waals surface area contributed by atoms with Crippen LogP contribution >= 0.6 is 0 Å². The third kappa shape index (κ3) is 4.22. The van der Waals surface area contributed by atoms with Crippen LogP contribution in [-0.4, -0.2) is 22.7 Å². The van der Waals surface area contributed by atoms with Crippen molar-refractivity contribution in [3.05, 3.63) is 54.2 Å². The standard InChI is InChI=1S/C18H23N3O3/c1-6-11-23-14-10-8-7-9-13(14)15(22)19-12(2)16-20-17(21-24-16)18(3,4)5/h6-10,12H,1,11H2,2-5H3,(H,19,22). The molecule has 0 aliphatic heterocycles. The van der Waals surface area contributed by atoms with Crippen LogP contribution in [0.1, 0.15) is 55.8 Å². The van der Waals surface area contributed by atoms with Gasteiger partial charge in [0.05, 0.1) is 5.56 Å². The molecule has 0 saturated heterocycles. The molecule has 24 heavy (non-hydrogen) atoms. The number of aromatic nitrogens is 2. The summed E-state index contributed by atoms with van der Waals surface area (Å²) in [7, 11) is 0. The zero-order chi connectivity index (χ0) is 17.7. The Kier molecular flexibility index (Phi) is 5.39. The normalized spacial score (nSPS) is 12.5. The molecule has 0 fully saturated rings. The van der Waals surface area contributed by atoms with Crippen LogP contribution in [0.25, 0.3) is 0 Å². The summed E-state index contributed by atoms with van der Waals surface area (Å²) in [5.41, 5.74) is 0.234. The van der Waals surface area contributed by atoms with Crippen molar-refractivity contribution in [2.75, 3.05) is 6.61 Å². The fourth-order valence-corrected chi connectivity index (χ4v) is 1.98. The maximum Gasteiger partial charge on any atom is 0.255 e. The Balaban J connectivity index is 2.12. The highest BCUT2D eigenvalue weighted by molar-refractivity contribution is 5.97. The van der Waals surface area contributed by atoms with Crippen molar-refractivity contribution in [3.8, 4) is 5.75 Å². The smallest absolute Gasteiger partial charge is 0.255 e. The molecule has 1 heterocycles. The Morgan fingerprint density at radius 3 is 2.75 bits per heavy atom. The second-order valence-corrected chi connectivity index (χ2v) is 6.50. The molecule has 1 aromatic carbocycles. The van der Waals surface area contributed by atoms with Crippen molar-refractivity contribution >= 4 is 5.91 Å². The average molecular weight is 329 g/mol. The number of para-hydroxylation sites is 1. The van der Waals surface area contributed by atoms with Gasteiger partial charge in [-0.3, -0.25) is 4.79 Å². The lowest BCUT2D eigenvalue weighted by atomic mass is 9.96. The molecule has 1 N–H and O–H groups in total. The third-order valence-electron chi connectivity index (χ3n) is 3.32. The summed E-state index contributed by atoms with van der Waals surface area (Å²) in [6.07, 6.45) is 1.63. The molecule has 1 amide bonds. The largest absolute Gasteiger partial charge is 0.489 e. The lowest BCUT2D eigenvalue weighted by molar-refractivity contribution is 0.0929. The molecule has 2 rings (SSSR count). The van der Waals surface area contributed by atoms with Crippen LogP contribution in [0.5, 0.6) is 5.75 Å². The molecular weight excluding hydrogens is 306 g/mol. The number of benzene rings is 1. The lowest BCUT2D eigenvalue weighted by Crippen LogP contribution is -2.27. The van der Waals surface area contributed by atoms with E-state index >= 15 is 0 Å². The van der Waals surface area contributed by atoms with E-state index in [-0.39, 0.29) is 11.3 Å². The monoisotopic (exact) mass is 329 g/mol. The van der Waals surface area contributed by atoms with Gasteiger partial charge in [-0.15, -0.1) is 0 Å². The number of hydrogen-bond donors (Lipinski definition) is 1.